The second kappa shape index (κ2) is 5.96. The molecule has 23 heavy (non-hydrogen) atoms. The van der Waals surface area contributed by atoms with Crippen LogP contribution in [0, 0.1) is 6.92 Å². The minimum Gasteiger partial charge on any atom is -0.444 e. The number of pyridine rings is 1. The molecule has 0 aliphatic carbocycles. The molecule has 1 aromatic rings. The van der Waals surface area contributed by atoms with Crippen molar-refractivity contribution in [2.45, 2.75) is 51.8 Å². The Morgan fingerprint density at radius 1 is 1.35 bits per heavy atom. The van der Waals surface area contributed by atoms with Crippen LogP contribution in [0.5, 0.6) is 0 Å². The standard InChI is InChI=1S/C18H24N2O3/c1-12-5-6-16(19-9-12)13-7-14-10-22-11-15(8-13)20(14)17(21)23-18(2,3)4/h5-7,9,14-15H,8,10-11H2,1-4H3. The van der Waals surface area contributed by atoms with Gasteiger partial charge in [-0.2, -0.15) is 0 Å². The first-order chi connectivity index (χ1) is 10.8. The Bertz CT molecular complexity index is 616. The van der Waals surface area contributed by atoms with E-state index in [-0.39, 0.29) is 18.2 Å². The summed E-state index contributed by atoms with van der Waals surface area (Å²) in [5.41, 5.74) is 2.82. The normalized spacial score (nSPS) is 24.2. The number of amides is 1. The van der Waals surface area contributed by atoms with Crippen LogP contribution in [0.4, 0.5) is 4.79 Å². The zero-order valence-corrected chi connectivity index (χ0v) is 14.2. The monoisotopic (exact) mass is 316 g/mol. The lowest BCUT2D eigenvalue weighted by molar-refractivity contribution is -0.0511. The summed E-state index contributed by atoms with van der Waals surface area (Å²) in [4.78, 5) is 18.9. The highest BCUT2D eigenvalue weighted by Gasteiger charge is 2.40. The van der Waals surface area contributed by atoms with E-state index in [0.717, 1.165) is 17.7 Å². The average molecular weight is 316 g/mol. The lowest BCUT2D eigenvalue weighted by Gasteiger charge is -2.44. The molecule has 0 N–H and O–H groups in total. The number of carbonyl (C=O) groups is 1. The number of fused-ring (bicyclic) bond motifs is 2. The van der Waals surface area contributed by atoms with Crippen LogP contribution in [0.15, 0.2) is 24.4 Å². The van der Waals surface area contributed by atoms with Crippen LogP contribution in [0.25, 0.3) is 5.57 Å². The Morgan fingerprint density at radius 2 is 2.13 bits per heavy atom. The van der Waals surface area contributed by atoms with Crippen molar-refractivity contribution in [1.29, 1.82) is 0 Å². The zero-order valence-electron chi connectivity index (χ0n) is 14.2. The van der Waals surface area contributed by atoms with Gasteiger partial charge in [0.25, 0.3) is 0 Å². The highest BCUT2D eigenvalue weighted by Crippen LogP contribution is 2.32. The Morgan fingerprint density at radius 3 is 2.74 bits per heavy atom. The number of nitrogens with zero attached hydrogens (tertiary/aromatic N) is 2. The van der Waals surface area contributed by atoms with E-state index in [1.54, 1.807) is 0 Å². The van der Waals surface area contributed by atoms with Crippen molar-refractivity contribution in [3.63, 3.8) is 0 Å². The number of hydrogen-bond donors (Lipinski definition) is 0. The third-order valence-corrected chi connectivity index (χ3v) is 4.04. The smallest absolute Gasteiger partial charge is 0.411 e. The molecule has 2 bridgehead atoms. The predicted molar refractivity (Wildman–Crippen MR) is 88.0 cm³/mol. The van der Waals surface area contributed by atoms with Crippen LogP contribution in [0.2, 0.25) is 0 Å². The van der Waals surface area contributed by atoms with Gasteiger partial charge in [0, 0.05) is 6.20 Å². The quantitative estimate of drug-likeness (QED) is 0.798. The van der Waals surface area contributed by atoms with Crippen molar-refractivity contribution in [1.82, 2.24) is 9.88 Å². The molecule has 0 saturated carbocycles. The van der Waals surface area contributed by atoms with E-state index in [1.165, 1.54) is 5.57 Å². The second-order valence-electron chi connectivity index (χ2n) is 7.26. The first-order valence-corrected chi connectivity index (χ1v) is 8.06. The molecule has 0 aromatic carbocycles. The van der Waals surface area contributed by atoms with Crippen molar-refractivity contribution in [2.24, 2.45) is 0 Å². The van der Waals surface area contributed by atoms with Crippen LogP contribution in [-0.2, 0) is 9.47 Å². The van der Waals surface area contributed by atoms with Crippen LogP contribution in [-0.4, -0.2) is 46.9 Å². The van der Waals surface area contributed by atoms with Gasteiger partial charge in [-0.05, 0) is 51.3 Å². The van der Waals surface area contributed by atoms with Crippen molar-refractivity contribution < 1.29 is 14.3 Å². The van der Waals surface area contributed by atoms with Crippen molar-refractivity contribution in [3.05, 3.63) is 35.7 Å². The van der Waals surface area contributed by atoms with Crippen molar-refractivity contribution in [2.75, 3.05) is 13.2 Å². The summed E-state index contributed by atoms with van der Waals surface area (Å²) in [5.74, 6) is 0. The molecule has 2 unspecified atom stereocenters. The summed E-state index contributed by atoms with van der Waals surface area (Å²) in [6.07, 6.45) is 4.45. The van der Waals surface area contributed by atoms with Gasteiger partial charge in [-0.25, -0.2) is 4.79 Å². The summed E-state index contributed by atoms with van der Waals surface area (Å²) in [7, 11) is 0. The molecule has 1 aromatic heterocycles. The minimum absolute atomic E-state index is 0.00621. The van der Waals surface area contributed by atoms with Crippen LogP contribution in [0.3, 0.4) is 0 Å². The number of ether oxygens (including phenoxy) is 2. The molecule has 2 aliphatic rings. The first-order valence-electron chi connectivity index (χ1n) is 8.06. The fraction of sp³-hybridized carbons (Fsp3) is 0.556. The van der Waals surface area contributed by atoms with E-state index in [4.69, 9.17) is 9.47 Å². The van der Waals surface area contributed by atoms with Crippen molar-refractivity contribution >= 4 is 11.7 Å². The zero-order chi connectivity index (χ0) is 16.6. The summed E-state index contributed by atoms with van der Waals surface area (Å²) in [5, 5.41) is 0. The number of hydrogen-bond acceptors (Lipinski definition) is 4. The fourth-order valence-corrected chi connectivity index (χ4v) is 3.04. The van der Waals surface area contributed by atoms with Gasteiger partial charge < -0.3 is 9.47 Å². The Hall–Kier alpha value is -1.88. The molecule has 124 valence electrons. The van der Waals surface area contributed by atoms with Gasteiger partial charge in [-0.1, -0.05) is 12.1 Å². The van der Waals surface area contributed by atoms with E-state index in [2.05, 4.69) is 17.1 Å². The van der Waals surface area contributed by atoms with Crippen LogP contribution < -0.4 is 0 Å². The number of rotatable bonds is 1. The molecule has 1 amide bonds. The number of morpholine rings is 1. The maximum Gasteiger partial charge on any atom is 0.411 e. The SMILES string of the molecule is Cc1ccc(C2=CC3COCC(C2)N3C(=O)OC(C)(C)C)nc1. The van der Waals surface area contributed by atoms with Gasteiger partial charge in [-0.3, -0.25) is 9.88 Å². The molecule has 1 saturated heterocycles. The van der Waals surface area contributed by atoms with E-state index in [0.29, 0.717) is 13.2 Å². The minimum atomic E-state index is -0.491. The summed E-state index contributed by atoms with van der Waals surface area (Å²) in [6, 6.07) is 4.03. The molecule has 2 atom stereocenters. The molecule has 3 heterocycles. The summed E-state index contributed by atoms with van der Waals surface area (Å²) < 4.78 is 11.2. The highest BCUT2D eigenvalue weighted by molar-refractivity contribution is 5.74. The Labute approximate surface area is 137 Å². The highest BCUT2D eigenvalue weighted by atomic mass is 16.6. The first kappa shape index (κ1) is 16.0. The lowest BCUT2D eigenvalue weighted by Crippen LogP contribution is -2.57. The molecule has 5 nitrogen and oxygen atoms in total. The molecule has 0 radical (unpaired) electrons. The summed E-state index contributed by atoms with van der Waals surface area (Å²) in [6.45, 7) is 8.73. The van der Waals surface area contributed by atoms with E-state index >= 15 is 0 Å². The predicted octanol–water partition coefficient (Wildman–Crippen LogP) is 3.18. The van der Waals surface area contributed by atoms with Gasteiger partial charge in [0.05, 0.1) is 31.0 Å². The third-order valence-electron chi connectivity index (χ3n) is 4.04. The molecular formula is C18H24N2O3. The third kappa shape index (κ3) is 3.55. The maximum atomic E-state index is 12.5. The Kier molecular flexibility index (Phi) is 4.15. The van der Waals surface area contributed by atoms with Gasteiger partial charge in [0.1, 0.15) is 5.60 Å². The number of aromatic nitrogens is 1. The molecule has 5 heteroatoms. The average Bonchev–Trinajstić information content (AvgIpc) is 2.44. The van der Waals surface area contributed by atoms with Crippen LogP contribution >= 0.6 is 0 Å². The van der Waals surface area contributed by atoms with Gasteiger partial charge in [0.15, 0.2) is 0 Å². The maximum absolute atomic E-state index is 12.5. The van der Waals surface area contributed by atoms with Gasteiger partial charge in [0.2, 0.25) is 0 Å². The van der Waals surface area contributed by atoms with Gasteiger partial charge >= 0.3 is 6.09 Å². The Balaban J connectivity index is 1.84. The second-order valence-corrected chi connectivity index (χ2v) is 7.26. The van der Waals surface area contributed by atoms with Gasteiger partial charge in [-0.15, -0.1) is 0 Å². The summed E-state index contributed by atoms with van der Waals surface area (Å²) >= 11 is 0. The fourth-order valence-electron chi connectivity index (χ4n) is 3.04. The molecule has 1 fully saturated rings. The number of carbonyl (C=O) groups excluding carboxylic acids is 1. The van der Waals surface area contributed by atoms with Crippen LogP contribution in [0.1, 0.15) is 38.4 Å². The lowest BCUT2D eigenvalue weighted by atomic mass is 9.92. The van der Waals surface area contributed by atoms with E-state index < -0.39 is 5.60 Å². The molecule has 0 spiro atoms. The number of aryl methyl sites for hydroxylation is 1. The van der Waals surface area contributed by atoms with E-state index in [1.807, 2.05) is 44.9 Å². The molecule has 3 rings (SSSR count). The van der Waals surface area contributed by atoms with E-state index in [9.17, 15) is 4.79 Å². The largest absolute Gasteiger partial charge is 0.444 e. The molecule has 2 aliphatic heterocycles. The van der Waals surface area contributed by atoms with Crippen molar-refractivity contribution in [3.8, 4) is 0 Å². The molecular weight excluding hydrogens is 292 g/mol. The topological polar surface area (TPSA) is 51.7 Å².